The van der Waals surface area contributed by atoms with Crippen molar-refractivity contribution in [2.24, 2.45) is 0 Å². The molecule has 0 aliphatic carbocycles. The molecule has 0 saturated heterocycles. The van der Waals surface area contributed by atoms with Crippen molar-refractivity contribution >= 4 is 11.8 Å². The third kappa shape index (κ3) is 7.94. The summed E-state index contributed by atoms with van der Waals surface area (Å²) in [6, 6.07) is 4.04. The van der Waals surface area contributed by atoms with Crippen molar-refractivity contribution in [3.05, 3.63) is 45.8 Å². The molecule has 1 heterocycles. The van der Waals surface area contributed by atoms with Crippen molar-refractivity contribution < 1.29 is 9.34 Å². The van der Waals surface area contributed by atoms with Gasteiger partial charge in [-0.15, -0.1) is 0 Å². The van der Waals surface area contributed by atoms with Gasteiger partial charge in [-0.05, 0) is 26.2 Å². The summed E-state index contributed by atoms with van der Waals surface area (Å²) in [6.07, 6.45) is 1.84. The maximum absolute atomic E-state index is 10.4. The summed E-state index contributed by atoms with van der Waals surface area (Å²) in [6.45, 7) is 1.62. The smallest absolute Gasteiger partial charge is 0.274 e. The summed E-state index contributed by atoms with van der Waals surface area (Å²) < 4.78 is 5.75. The number of nitrogens with one attached hydrogen (secondary N) is 2. The van der Waals surface area contributed by atoms with Crippen LogP contribution in [0.15, 0.2) is 28.6 Å². The fourth-order valence-electron chi connectivity index (χ4n) is 1.70. The van der Waals surface area contributed by atoms with Gasteiger partial charge in [0.25, 0.3) is 6.20 Å². The van der Waals surface area contributed by atoms with Crippen LogP contribution >= 0.6 is 11.8 Å². The average Bonchev–Trinajstić information content (AvgIpc) is 2.91. The number of thioether (sulfide) groups is 1. The topological polar surface area (TPSA) is 83.6 Å². The summed E-state index contributed by atoms with van der Waals surface area (Å²) in [4.78, 5) is 12.0. The zero-order chi connectivity index (χ0) is 16.4. The number of hydrogen-bond donors (Lipinski definition) is 2. The van der Waals surface area contributed by atoms with E-state index in [1.54, 1.807) is 18.8 Å². The molecule has 0 aromatic carbocycles. The quantitative estimate of drug-likeness (QED) is 0.362. The van der Waals surface area contributed by atoms with Crippen LogP contribution in [-0.4, -0.2) is 49.8 Å². The lowest BCUT2D eigenvalue weighted by Gasteiger charge is -2.07. The second-order valence-electron chi connectivity index (χ2n) is 4.98. The van der Waals surface area contributed by atoms with Crippen molar-refractivity contribution in [1.82, 2.24) is 15.5 Å². The van der Waals surface area contributed by atoms with Gasteiger partial charge in [0.1, 0.15) is 11.5 Å². The van der Waals surface area contributed by atoms with Gasteiger partial charge in [-0.25, -0.2) is 0 Å². The van der Waals surface area contributed by atoms with Crippen LogP contribution in [0, 0.1) is 10.1 Å². The standard InChI is InChI=1S/C14H24N4O3S/c1-15-14(10-18(19)20)16-7-9-22-11-13-5-4-12(21-13)6-8-17(2)3/h4-5,10,15-16H,6-9,11H2,1-3H3. The fraction of sp³-hybridized carbons (Fsp3) is 0.571. The Hall–Kier alpha value is -1.67. The first-order valence-electron chi connectivity index (χ1n) is 7.08. The van der Waals surface area contributed by atoms with Gasteiger partial charge in [-0.2, -0.15) is 11.8 Å². The van der Waals surface area contributed by atoms with E-state index >= 15 is 0 Å². The molecule has 0 amide bonds. The monoisotopic (exact) mass is 328 g/mol. The van der Waals surface area contributed by atoms with Crippen LogP contribution in [0.3, 0.4) is 0 Å². The van der Waals surface area contributed by atoms with E-state index in [2.05, 4.69) is 15.5 Å². The normalized spacial score (nSPS) is 11.7. The van der Waals surface area contributed by atoms with E-state index in [0.717, 1.165) is 42.2 Å². The first-order chi connectivity index (χ1) is 10.5. The molecule has 0 radical (unpaired) electrons. The Morgan fingerprint density at radius 2 is 2.18 bits per heavy atom. The van der Waals surface area contributed by atoms with Crippen LogP contribution in [0.25, 0.3) is 0 Å². The highest BCUT2D eigenvalue weighted by atomic mass is 32.2. The van der Waals surface area contributed by atoms with Crippen LogP contribution < -0.4 is 10.6 Å². The molecule has 0 aliphatic rings. The molecule has 22 heavy (non-hydrogen) atoms. The van der Waals surface area contributed by atoms with Crippen LogP contribution in [0.5, 0.6) is 0 Å². The van der Waals surface area contributed by atoms with Gasteiger partial charge >= 0.3 is 0 Å². The van der Waals surface area contributed by atoms with E-state index in [-0.39, 0.29) is 0 Å². The molecule has 1 aromatic heterocycles. The molecule has 8 heteroatoms. The fourth-order valence-corrected chi connectivity index (χ4v) is 2.45. The van der Waals surface area contributed by atoms with Crippen molar-refractivity contribution in [2.75, 3.05) is 40.0 Å². The van der Waals surface area contributed by atoms with E-state index in [1.165, 1.54) is 0 Å². The van der Waals surface area contributed by atoms with E-state index in [0.29, 0.717) is 12.4 Å². The van der Waals surface area contributed by atoms with Gasteiger partial charge in [-0.3, -0.25) is 10.1 Å². The predicted octanol–water partition coefficient (Wildman–Crippen LogP) is 1.50. The maximum Gasteiger partial charge on any atom is 0.274 e. The Morgan fingerprint density at radius 3 is 2.82 bits per heavy atom. The Morgan fingerprint density at radius 1 is 1.45 bits per heavy atom. The minimum absolute atomic E-state index is 0.412. The molecule has 2 N–H and O–H groups in total. The first-order valence-corrected chi connectivity index (χ1v) is 8.23. The lowest BCUT2D eigenvalue weighted by molar-refractivity contribution is -0.404. The molecule has 1 rings (SSSR count). The molecular formula is C14H24N4O3S. The molecule has 0 spiro atoms. The van der Waals surface area contributed by atoms with Gasteiger partial charge in [0.15, 0.2) is 5.82 Å². The number of furan rings is 1. The van der Waals surface area contributed by atoms with Crippen molar-refractivity contribution in [1.29, 1.82) is 0 Å². The van der Waals surface area contributed by atoms with Crippen molar-refractivity contribution in [3.63, 3.8) is 0 Å². The van der Waals surface area contributed by atoms with Gasteiger partial charge < -0.3 is 20.0 Å². The molecule has 0 saturated carbocycles. The van der Waals surface area contributed by atoms with Crippen molar-refractivity contribution in [3.8, 4) is 0 Å². The molecule has 7 nitrogen and oxygen atoms in total. The highest BCUT2D eigenvalue weighted by Gasteiger charge is 2.04. The molecule has 124 valence electrons. The SMILES string of the molecule is CNC(=C[N+](=O)[O-])NCCSCc1ccc(CCN(C)C)o1. The number of rotatable bonds is 11. The zero-order valence-corrected chi connectivity index (χ0v) is 14.1. The van der Waals surface area contributed by atoms with Crippen LogP contribution in [-0.2, 0) is 12.2 Å². The Balaban J connectivity index is 2.20. The van der Waals surface area contributed by atoms with Crippen LogP contribution in [0.4, 0.5) is 0 Å². The third-order valence-electron chi connectivity index (χ3n) is 2.83. The minimum Gasteiger partial charge on any atom is -0.465 e. The molecular weight excluding hydrogens is 304 g/mol. The van der Waals surface area contributed by atoms with Crippen LogP contribution in [0.1, 0.15) is 11.5 Å². The number of hydrogen-bond acceptors (Lipinski definition) is 7. The minimum atomic E-state index is -0.482. The lowest BCUT2D eigenvalue weighted by Crippen LogP contribution is -2.26. The molecule has 0 unspecified atom stereocenters. The highest BCUT2D eigenvalue weighted by molar-refractivity contribution is 7.98. The number of nitro groups is 1. The Bertz CT molecular complexity index is 488. The van der Waals surface area contributed by atoms with Crippen molar-refractivity contribution in [2.45, 2.75) is 12.2 Å². The van der Waals surface area contributed by atoms with E-state index in [9.17, 15) is 10.1 Å². The summed E-state index contributed by atoms with van der Waals surface area (Å²) >= 11 is 1.72. The van der Waals surface area contributed by atoms with Gasteiger partial charge in [0.05, 0.1) is 10.7 Å². The molecule has 0 bridgehead atoms. The molecule has 1 aromatic rings. The largest absolute Gasteiger partial charge is 0.465 e. The second kappa shape index (κ2) is 10.1. The maximum atomic E-state index is 10.4. The first kappa shape index (κ1) is 18.4. The third-order valence-corrected chi connectivity index (χ3v) is 3.81. The Kier molecular flexibility index (Phi) is 8.46. The summed E-state index contributed by atoms with van der Waals surface area (Å²) in [5, 5.41) is 16.1. The zero-order valence-electron chi connectivity index (χ0n) is 13.3. The van der Waals surface area contributed by atoms with Crippen LogP contribution in [0.2, 0.25) is 0 Å². The molecule has 0 aliphatic heterocycles. The summed E-state index contributed by atoms with van der Waals surface area (Å²) in [7, 11) is 5.73. The highest BCUT2D eigenvalue weighted by Crippen LogP contribution is 2.15. The number of likely N-dealkylation sites (N-methyl/N-ethyl adjacent to an activating group) is 1. The predicted molar refractivity (Wildman–Crippen MR) is 89.3 cm³/mol. The van der Waals surface area contributed by atoms with E-state index < -0.39 is 4.92 Å². The van der Waals surface area contributed by atoms with Gasteiger partial charge in [0, 0.05) is 32.3 Å². The molecule has 0 fully saturated rings. The average molecular weight is 328 g/mol. The second-order valence-corrected chi connectivity index (χ2v) is 6.08. The van der Waals surface area contributed by atoms with E-state index in [1.807, 2.05) is 26.2 Å². The molecule has 0 atom stereocenters. The summed E-state index contributed by atoms with van der Waals surface area (Å²) in [5.74, 6) is 4.03. The lowest BCUT2D eigenvalue weighted by atomic mass is 10.3. The summed E-state index contributed by atoms with van der Waals surface area (Å²) in [5.41, 5.74) is 0. The van der Waals surface area contributed by atoms with Gasteiger partial charge in [0.2, 0.25) is 0 Å². The van der Waals surface area contributed by atoms with Gasteiger partial charge in [-0.1, -0.05) is 0 Å². The number of nitrogens with zero attached hydrogens (tertiary/aromatic N) is 2. The Labute approximate surface area is 135 Å². The van der Waals surface area contributed by atoms with E-state index in [4.69, 9.17) is 4.42 Å².